The van der Waals surface area contributed by atoms with Gasteiger partial charge in [-0.3, -0.25) is 4.79 Å². The Balaban J connectivity index is 0.00000256. The first-order chi connectivity index (χ1) is 7.59. The molecular formula is C11H16ClFN2O2. The summed E-state index contributed by atoms with van der Waals surface area (Å²) >= 11 is 0. The number of hydrogen-bond acceptors (Lipinski definition) is 3. The maximum atomic E-state index is 12.5. The van der Waals surface area contributed by atoms with E-state index < -0.39 is 6.04 Å². The molecule has 0 aromatic heterocycles. The standard InChI is InChI=1S/C11H15FN2O2.ClH/c1-8(13)11(15)14-6-7-16-10-4-2-9(12)3-5-10;/h2-5,8H,6-7,13H2,1H3,(H,14,15);1H/t8-;/m0./s1. The van der Waals surface area contributed by atoms with Crippen molar-refractivity contribution in [3.8, 4) is 5.75 Å². The number of carbonyl (C=O) groups excluding carboxylic acids is 1. The Morgan fingerprint density at radius 2 is 2.06 bits per heavy atom. The summed E-state index contributed by atoms with van der Waals surface area (Å²) in [5, 5.41) is 2.60. The number of benzene rings is 1. The van der Waals surface area contributed by atoms with Crippen molar-refractivity contribution in [2.24, 2.45) is 5.73 Å². The number of nitrogens with two attached hydrogens (primary N) is 1. The molecule has 0 heterocycles. The third-order valence-corrected chi connectivity index (χ3v) is 1.90. The summed E-state index contributed by atoms with van der Waals surface area (Å²) in [4.78, 5) is 11.1. The lowest BCUT2D eigenvalue weighted by atomic mass is 10.3. The summed E-state index contributed by atoms with van der Waals surface area (Å²) in [6.07, 6.45) is 0. The first kappa shape index (κ1) is 15.7. The SMILES string of the molecule is C[C@H](N)C(=O)NCCOc1ccc(F)cc1.Cl. The molecule has 1 atom stereocenters. The molecule has 4 nitrogen and oxygen atoms in total. The first-order valence-electron chi connectivity index (χ1n) is 5.01. The Labute approximate surface area is 106 Å². The second-order valence-corrected chi connectivity index (χ2v) is 3.38. The minimum Gasteiger partial charge on any atom is -0.492 e. The van der Waals surface area contributed by atoms with Crippen LogP contribution in [0.1, 0.15) is 6.92 Å². The molecule has 0 radical (unpaired) electrons. The van der Waals surface area contributed by atoms with E-state index >= 15 is 0 Å². The molecule has 3 N–H and O–H groups in total. The Bertz CT molecular complexity index is 344. The van der Waals surface area contributed by atoms with E-state index in [0.29, 0.717) is 18.9 Å². The Kier molecular flexibility index (Phi) is 7.25. The van der Waals surface area contributed by atoms with Crippen molar-refractivity contribution < 1.29 is 13.9 Å². The van der Waals surface area contributed by atoms with Crippen LogP contribution in [0.4, 0.5) is 4.39 Å². The minimum absolute atomic E-state index is 0. The lowest BCUT2D eigenvalue weighted by Crippen LogP contribution is -2.40. The fourth-order valence-electron chi connectivity index (χ4n) is 1.03. The highest BCUT2D eigenvalue weighted by molar-refractivity contribution is 5.85. The van der Waals surface area contributed by atoms with E-state index in [1.807, 2.05) is 0 Å². The summed E-state index contributed by atoms with van der Waals surface area (Å²) in [5.41, 5.74) is 5.35. The highest BCUT2D eigenvalue weighted by atomic mass is 35.5. The van der Waals surface area contributed by atoms with Gasteiger partial charge in [-0.25, -0.2) is 4.39 Å². The molecule has 1 aromatic carbocycles. The van der Waals surface area contributed by atoms with Crippen molar-refractivity contribution in [1.82, 2.24) is 5.32 Å². The van der Waals surface area contributed by atoms with Crippen LogP contribution in [0.15, 0.2) is 24.3 Å². The molecule has 0 fully saturated rings. The fraction of sp³-hybridized carbons (Fsp3) is 0.364. The third-order valence-electron chi connectivity index (χ3n) is 1.90. The van der Waals surface area contributed by atoms with E-state index in [4.69, 9.17) is 10.5 Å². The predicted molar refractivity (Wildman–Crippen MR) is 65.8 cm³/mol. The van der Waals surface area contributed by atoms with Crippen LogP contribution in [-0.2, 0) is 4.79 Å². The molecule has 0 saturated carbocycles. The van der Waals surface area contributed by atoms with E-state index in [2.05, 4.69) is 5.32 Å². The van der Waals surface area contributed by atoms with Crippen LogP contribution < -0.4 is 15.8 Å². The lowest BCUT2D eigenvalue weighted by Gasteiger charge is -2.09. The smallest absolute Gasteiger partial charge is 0.236 e. The molecule has 0 aliphatic carbocycles. The van der Waals surface area contributed by atoms with Gasteiger partial charge in [0.1, 0.15) is 18.2 Å². The fourth-order valence-corrected chi connectivity index (χ4v) is 1.03. The van der Waals surface area contributed by atoms with Crippen molar-refractivity contribution in [3.05, 3.63) is 30.1 Å². The molecule has 0 aliphatic rings. The van der Waals surface area contributed by atoms with Crippen LogP contribution in [0.3, 0.4) is 0 Å². The van der Waals surface area contributed by atoms with Gasteiger partial charge in [-0.2, -0.15) is 0 Å². The van der Waals surface area contributed by atoms with Gasteiger partial charge in [-0.15, -0.1) is 12.4 Å². The average Bonchev–Trinajstić information content (AvgIpc) is 2.26. The molecule has 17 heavy (non-hydrogen) atoms. The van der Waals surface area contributed by atoms with Gasteiger partial charge >= 0.3 is 0 Å². The van der Waals surface area contributed by atoms with Gasteiger partial charge in [0.2, 0.25) is 5.91 Å². The van der Waals surface area contributed by atoms with Crippen LogP contribution in [0.5, 0.6) is 5.75 Å². The van der Waals surface area contributed by atoms with E-state index in [9.17, 15) is 9.18 Å². The van der Waals surface area contributed by atoms with Gasteiger partial charge in [0.15, 0.2) is 0 Å². The second kappa shape index (κ2) is 7.86. The summed E-state index contributed by atoms with van der Waals surface area (Å²) in [7, 11) is 0. The van der Waals surface area contributed by atoms with Crippen LogP contribution in [-0.4, -0.2) is 25.1 Å². The lowest BCUT2D eigenvalue weighted by molar-refractivity contribution is -0.122. The molecule has 1 aromatic rings. The van der Waals surface area contributed by atoms with Crippen molar-refractivity contribution >= 4 is 18.3 Å². The van der Waals surface area contributed by atoms with Crippen LogP contribution in [0.2, 0.25) is 0 Å². The third kappa shape index (κ3) is 6.09. The molecule has 0 aliphatic heterocycles. The number of halogens is 2. The minimum atomic E-state index is -0.522. The molecule has 6 heteroatoms. The summed E-state index contributed by atoms with van der Waals surface area (Å²) in [5.74, 6) is 0.0387. The molecule has 1 amide bonds. The topological polar surface area (TPSA) is 64.4 Å². The molecule has 1 rings (SSSR count). The number of ether oxygens (including phenoxy) is 1. The Morgan fingerprint density at radius 3 is 2.59 bits per heavy atom. The van der Waals surface area contributed by atoms with Crippen LogP contribution >= 0.6 is 12.4 Å². The molecule has 0 spiro atoms. The summed E-state index contributed by atoms with van der Waals surface area (Å²) < 4.78 is 17.8. The normalized spacial score (nSPS) is 11.2. The average molecular weight is 263 g/mol. The molecule has 0 saturated heterocycles. The van der Waals surface area contributed by atoms with Gasteiger partial charge in [-0.1, -0.05) is 0 Å². The Morgan fingerprint density at radius 1 is 1.47 bits per heavy atom. The zero-order valence-corrected chi connectivity index (χ0v) is 10.3. The van der Waals surface area contributed by atoms with E-state index in [0.717, 1.165) is 0 Å². The maximum Gasteiger partial charge on any atom is 0.236 e. The number of rotatable bonds is 5. The molecule has 96 valence electrons. The number of hydrogen-bond donors (Lipinski definition) is 2. The first-order valence-corrected chi connectivity index (χ1v) is 5.01. The number of carbonyl (C=O) groups is 1. The molecular weight excluding hydrogens is 247 g/mol. The monoisotopic (exact) mass is 262 g/mol. The summed E-state index contributed by atoms with van der Waals surface area (Å²) in [6.45, 7) is 2.30. The van der Waals surface area contributed by atoms with Gasteiger partial charge in [0.05, 0.1) is 12.6 Å². The van der Waals surface area contributed by atoms with E-state index in [1.165, 1.54) is 24.3 Å². The summed E-state index contributed by atoms with van der Waals surface area (Å²) in [6, 6.07) is 5.17. The predicted octanol–water partition coefficient (Wildman–Crippen LogP) is 1.09. The van der Waals surface area contributed by atoms with Crippen molar-refractivity contribution in [2.75, 3.05) is 13.2 Å². The van der Waals surface area contributed by atoms with Crippen LogP contribution in [0, 0.1) is 5.82 Å². The zero-order valence-electron chi connectivity index (χ0n) is 9.48. The largest absolute Gasteiger partial charge is 0.492 e. The molecule has 0 unspecified atom stereocenters. The van der Waals surface area contributed by atoms with Crippen molar-refractivity contribution in [3.63, 3.8) is 0 Å². The van der Waals surface area contributed by atoms with E-state index in [1.54, 1.807) is 6.92 Å². The quantitative estimate of drug-likeness (QED) is 0.781. The second-order valence-electron chi connectivity index (χ2n) is 3.38. The zero-order chi connectivity index (χ0) is 12.0. The van der Waals surface area contributed by atoms with Gasteiger partial charge in [0.25, 0.3) is 0 Å². The maximum absolute atomic E-state index is 12.5. The van der Waals surface area contributed by atoms with Crippen molar-refractivity contribution in [1.29, 1.82) is 0 Å². The number of nitrogens with one attached hydrogen (secondary N) is 1. The van der Waals surface area contributed by atoms with Gasteiger partial charge in [0, 0.05) is 0 Å². The highest BCUT2D eigenvalue weighted by Gasteiger charge is 2.05. The number of amides is 1. The van der Waals surface area contributed by atoms with Gasteiger partial charge < -0.3 is 15.8 Å². The Hall–Kier alpha value is -1.33. The van der Waals surface area contributed by atoms with Gasteiger partial charge in [-0.05, 0) is 31.2 Å². The van der Waals surface area contributed by atoms with Crippen LogP contribution in [0.25, 0.3) is 0 Å². The van der Waals surface area contributed by atoms with E-state index in [-0.39, 0.29) is 24.1 Å². The van der Waals surface area contributed by atoms with Crippen molar-refractivity contribution in [2.45, 2.75) is 13.0 Å². The molecule has 0 bridgehead atoms. The highest BCUT2D eigenvalue weighted by Crippen LogP contribution is 2.10.